The minimum absolute atomic E-state index is 0.00710. The number of amides is 1. The van der Waals surface area contributed by atoms with Crippen LogP contribution < -0.4 is 10.6 Å². The maximum Gasteiger partial charge on any atom is 0.275 e. The van der Waals surface area contributed by atoms with Gasteiger partial charge in [0.25, 0.3) is 5.54 Å². The molecule has 0 aliphatic heterocycles. The molecule has 4 N–H and O–H groups in total. The Balaban J connectivity index is 0.000000924. The monoisotopic (exact) mass is 589 g/mol. The largest absolute Gasteiger partial charge is 0.400 e. The van der Waals surface area contributed by atoms with E-state index in [0.29, 0.717) is 29.2 Å². The van der Waals surface area contributed by atoms with Crippen LogP contribution in [0.1, 0.15) is 48.4 Å². The molecule has 1 heterocycles. The lowest BCUT2D eigenvalue weighted by molar-refractivity contribution is -0.572. The molecule has 44 heavy (non-hydrogen) atoms. The number of aromatic amines is 1. The Kier molecular flexibility index (Phi) is 8.33. The van der Waals surface area contributed by atoms with E-state index in [1.54, 1.807) is 6.20 Å². The van der Waals surface area contributed by atoms with E-state index in [9.17, 15) is 14.9 Å². The molecule has 0 radical (unpaired) electrons. The first-order valence-corrected chi connectivity index (χ1v) is 14.5. The molecule has 1 aromatic heterocycles. The fourth-order valence-electron chi connectivity index (χ4n) is 6.90. The molecule has 0 saturated carbocycles. The molecule has 0 fully saturated rings. The predicted octanol–water partition coefficient (Wildman–Crippen LogP) is 6.34. The lowest BCUT2D eigenvalue weighted by Gasteiger charge is -2.54. The zero-order valence-electron chi connectivity index (χ0n) is 24.9. The standard InChI is InChI=1S/C32H25N5O3.C2H6.CH4O/c1-20(35-30-33-17-28(36-30)23-14-8-10-21-9-2-3-11-22(21)23)31(34-19-38)18-32(37(39)40)26-15-6-4-12-24(26)29(31)25-13-5-7-16-27(25)32;2*1-2/h2-17,19,29H,1,18H2,(H,34,38)(H2,33,35,36);1-2H3;2H,1H3. The zero-order valence-corrected chi connectivity index (χ0v) is 24.9. The zero-order chi connectivity index (χ0) is 31.5. The first-order chi connectivity index (χ1) is 21.5. The molecule has 5 aromatic rings. The number of anilines is 1. The van der Waals surface area contributed by atoms with Gasteiger partial charge in [0.1, 0.15) is 0 Å². The Morgan fingerprint density at radius 2 is 1.57 bits per heavy atom. The van der Waals surface area contributed by atoms with Gasteiger partial charge in [0.15, 0.2) is 0 Å². The van der Waals surface area contributed by atoms with Gasteiger partial charge < -0.3 is 20.7 Å². The smallest absolute Gasteiger partial charge is 0.275 e. The summed E-state index contributed by atoms with van der Waals surface area (Å²) in [6, 6.07) is 29.1. The number of carbonyl (C=O) groups excluding carboxylic acids is 1. The number of aromatic nitrogens is 2. The van der Waals surface area contributed by atoms with Crippen LogP contribution in [0.3, 0.4) is 0 Å². The Morgan fingerprint density at radius 1 is 0.977 bits per heavy atom. The summed E-state index contributed by atoms with van der Waals surface area (Å²) in [7, 11) is 1.00. The molecular weight excluding hydrogens is 554 g/mol. The van der Waals surface area contributed by atoms with Crippen molar-refractivity contribution in [1.82, 2.24) is 15.3 Å². The third-order valence-electron chi connectivity index (χ3n) is 8.55. The van der Waals surface area contributed by atoms with Crippen LogP contribution >= 0.6 is 0 Å². The molecule has 9 nitrogen and oxygen atoms in total. The van der Waals surface area contributed by atoms with E-state index >= 15 is 0 Å². The third kappa shape index (κ3) is 4.44. The predicted molar refractivity (Wildman–Crippen MR) is 173 cm³/mol. The minimum Gasteiger partial charge on any atom is -0.400 e. The van der Waals surface area contributed by atoms with Crippen molar-refractivity contribution in [1.29, 1.82) is 0 Å². The molecule has 1 amide bonds. The highest BCUT2D eigenvalue weighted by Crippen LogP contribution is 2.61. The van der Waals surface area contributed by atoms with Gasteiger partial charge in [0, 0.05) is 40.3 Å². The Labute approximate surface area is 255 Å². The number of nitrogens with one attached hydrogen (secondary N) is 3. The van der Waals surface area contributed by atoms with Crippen molar-refractivity contribution in [2.75, 3.05) is 12.4 Å². The number of nitro groups is 1. The van der Waals surface area contributed by atoms with E-state index in [-0.39, 0.29) is 17.3 Å². The molecular formula is C35H35N5O4. The molecule has 0 saturated heterocycles. The summed E-state index contributed by atoms with van der Waals surface area (Å²) in [6.07, 6.45) is 2.36. The van der Waals surface area contributed by atoms with Gasteiger partial charge >= 0.3 is 0 Å². The molecule has 8 rings (SSSR count). The Morgan fingerprint density at radius 3 is 2.20 bits per heavy atom. The summed E-state index contributed by atoms with van der Waals surface area (Å²) in [5, 5.41) is 28.5. The highest BCUT2D eigenvalue weighted by atomic mass is 16.6. The van der Waals surface area contributed by atoms with Gasteiger partial charge in [-0.3, -0.25) is 14.9 Å². The van der Waals surface area contributed by atoms with E-state index < -0.39 is 11.1 Å². The van der Waals surface area contributed by atoms with Gasteiger partial charge in [0.2, 0.25) is 12.4 Å². The number of rotatable bonds is 7. The van der Waals surface area contributed by atoms with Gasteiger partial charge in [-0.15, -0.1) is 0 Å². The SMILES string of the molecule is C=C(Nc1ncc(-c2cccc3ccccc23)[nH]1)C1(NC=O)CC2([N+](=O)[O-])c3ccccc3C1c1ccccc12.CC.CO. The lowest BCUT2D eigenvalue weighted by atomic mass is 9.51. The molecule has 0 spiro atoms. The first-order valence-electron chi connectivity index (χ1n) is 14.5. The molecule has 224 valence electrons. The number of aliphatic hydroxyl groups excluding tert-OH is 1. The van der Waals surface area contributed by atoms with Gasteiger partial charge in [-0.05, 0) is 21.9 Å². The first kappa shape index (κ1) is 30.2. The van der Waals surface area contributed by atoms with Crippen LogP contribution in [0, 0.1) is 10.1 Å². The van der Waals surface area contributed by atoms with Crippen LogP contribution in [0.2, 0.25) is 0 Å². The van der Waals surface area contributed by atoms with Crippen molar-refractivity contribution in [3.8, 4) is 11.3 Å². The summed E-state index contributed by atoms with van der Waals surface area (Å²) in [5.41, 5.74) is 2.38. The normalized spacial score (nSPS) is 20.5. The van der Waals surface area contributed by atoms with Crippen molar-refractivity contribution in [3.63, 3.8) is 0 Å². The summed E-state index contributed by atoms with van der Waals surface area (Å²) in [6.45, 7) is 8.34. The molecule has 1 unspecified atom stereocenters. The Bertz CT molecular complexity index is 1800. The quantitative estimate of drug-likeness (QED) is 0.0994. The topological polar surface area (TPSA) is 133 Å². The average Bonchev–Trinajstić information content (AvgIpc) is 3.54. The van der Waals surface area contributed by atoms with E-state index in [1.165, 1.54) is 0 Å². The van der Waals surface area contributed by atoms with Crippen LogP contribution in [0.25, 0.3) is 22.0 Å². The number of H-pyrrole nitrogens is 1. The number of nitrogens with zero attached hydrogens (tertiary/aromatic N) is 2. The fourth-order valence-corrected chi connectivity index (χ4v) is 6.90. The summed E-state index contributed by atoms with van der Waals surface area (Å²) < 4.78 is 0. The Hall–Kier alpha value is -5.28. The maximum atomic E-state index is 13.0. The van der Waals surface area contributed by atoms with Gasteiger partial charge in [-0.25, -0.2) is 4.98 Å². The number of hydrogen-bond acceptors (Lipinski definition) is 6. The van der Waals surface area contributed by atoms with Gasteiger partial charge in [-0.2, -0.15) is 0 Å². The summed E-state index contributed by atoms with van der Waals surface area (Å²) in [5.74, 6) is 0.0394. The summed E-state index contributed by atoms with van der Waals surface area (Å²) in [4.78, 5) is 32.8. The van der Waals surface area contributed by atoms with Crippen molar-refractivity contribution in [2.24, 2.45) is 0 Å². The molecule has 3 aliphatic rings. The minimum atomic E-state index is -1.56. The van der Waals surface area contributed by atoms with Gasteiger partial charge in [0.05, 0.1) is 23.9 Å². The second-order valence-electron chi connectivity index (χ2n) is 10.4. The number of fused-ring (bicyclic) bond motifs is 2. The van der Waals surface area contributed by atoms with Crippen molar-refractivity contribution in [2.45, 2.75) is 37.3 Å². The summed E-state index contributed by atoms with van der Waals surface area (Å²) >= 11 is 0. The van der Waals surface area contributed by atoms with Gasteiger partial charge in [-0.1, -0.05) is 111 Å². The van der Waals surface area contributed by atoms with Crippen LogP contribution in [0.15, 0.2) is 109 Å². The van der Waals surface area contributed by atoms with E-state index in [2.05, 4.69) is 45.4 Å². The van der Waals surface area contributed by atoms with E-state index in [1.807, 2.05) is 86.6 Å². The molecule has 4 aromatic carbocycles. The fraction of sp³-hybridized carbons (Fsp3) is 0.200. The highest BCUT2D eigenvalue weighted by molar-refractivity contribution is 5.95. The second-order valence-corrected chi connectivity index (χ2v) is 10.4. The van der Waals surface area contributed by atoms with Crippen LogP contribution in [-0.4, -0.2) is 39.1 Å². The van der Waals surface area contributed by atoms with Crippen molar-refractivity contribution >= 4 is 23.1 Å². The highest BCUT2D eigenvalue weighted by Gasteiger charge is 2.67. The third-order valence-corrected chi connectivity index (χ3v) is 8.55. The number of benzene rings is 4. The number of hydrogen-bond donors (Lipinski definition) is 4. The van der Waals surface area contributed by atoms with Crippen LogP contribution in [-0.2, 0) is 10.3 Å². The molecule has 9 heteroatoms. The number of carbonyl (C=O) groups is 1. The number of imidazole rings is 1. The van der Waals surface area contributed by atoms with Crippen LogP contribution in [0.5, 0.6) is 0 Å². The van der Waals surface area contributed by atoms with E-state index in [4.69, 9.17) is 5.11 Å². The van der Waals surface area contributed by atoms with E-state index in [0.717, 1.165) is 40.3 Å². The molecule has 2 bridgehead atoms. The average molecular weight is 590 g/mol. The number of aliphatic hydroxyl groups is 1. The lowest BCUT2D eigenvalue weighted by Crippen LogP contribution is -2.65. The molecule has 1 atom stereocenters. The maximum absolute atomic E-state index is 13.0. The van der Waals surface area contributed by atoms with Crippen molar-refractivity contribution in [3.05, 3.63) is 142 Å². The molecule has 3 aliphatic carbocycles. The van der Waals surface area contributed by atoms with Crippen LogP contribution in [0.4, 0.5) is 5.95 Å². The second kappa shape index (κ2) is 12.1. The van der Waals surface area contributed by atoms with Crippen molar-refractivity contribution < 1.29 is 14.8 Å².